The molecule has 0 bridgehead atoms. The maximum Gasteiger partial charge on any atom is 0.187 e. The van der Waals surface area contributed by atoms with Crippen molar-refractivity contribution in [2.24, 2.45) is 0 Å². The summed E-state index contributed by atoms with van der Waals surface area (Å²) in [4.78, 5) is 0. The molecular formula is C6H13Al. The number of hydrogen-bond acceptors (Lipinski definition) is 0. The summed E-state index contributed by atoms with van der Waals surface area (Å²) in [5.41, 5.74) is 0. The van der Waals surface area contributed by atoms with Crippen LogP contribution in [0.5, 0.6) is 0 Å². The molecule has 0 unspecified atom stereocenters. The zero-order chi connectivity index (χ0) is 4.83. The molecule has 0 aliphatic carbocycles. The average molecular weight is 112 g/mol. The summed E-state index contributed by atoms with van der Waals surface area (Å²) in [7, 11) is 0. The molecule has 0 spiro atoms. The lowest BCUT2D eigenvalue weighted by Crippen LogP contribution is -1.48. The Hall–Kier alpha value is 0.0125. The molecule has 0 heterocycles. The van der Waals surface area contributed by atoms with E-state index >= 15 is 0 Å². The Balaban J connectivity index is 0. The van der Waals surface area contributed by atoms with Gasteiger partial charge in [0.15, 0.2) is 17.4 Å². The number of rotatable bonds is 2. The van der Waals surface area contributed by atoms with Gasteiger partial charge in [0.25, 0.3) is 0 Å². The number of hydrogen-bond donors (Lipinski definition) is 0. The normalized spacial score (nSPS) is 8.14. The fraction of sp³-hybridized carbons (Fsp3) is 0.333. The molecule has 0 atom stereocenters. The van der Waals surface area contributed by atoms with Crippen molar-refractivity contribution in [1.29, 1.82) is 0 Å². The van der Waals surface area contributed by atoms with Gasteiger partial charge in [-0.2, -0.15) is 0 Å². The Labute approximate surface area is 56.1 Å². The van der Waals surface area contributed by atoms with Gasteiger partial charge in [0, 0.05) is 0 Å². The zero-order valence-corrected chi connectivity index (χ0v) is 4.15. The largest absolute Gasteiger partial charge is 0.187 e. The highest BCUT2D eigenvalue weighted by atomic mass is 27.0. The van der Waals surface area contributed by atoms with E-state index in [4.69, 9.17) is 0 Å². The van der Waals surface area contributed by atoms with Crippen molar-refractivity contribution < 1.29 is 0 Å². The van der Waals surface area contributed by atoms with Gasteiger partial charge in [-0.3, -0.25) is 0 Å². The summed E-state index contributed by atoms with van der Waals surface area (Å²) in [6, 6.07) is 0. The molecule has 0 rings (SSSR count). The van der Waals surface area contributed by atoms with Gasteiger partial charge in [-0.15, -0.1) is 6.58 Å². The Kier molecular flexibility index (Phi) is 13.5. The average Bonchev–Trinajstić information content (AvgIpc) is 1.61. The molecular weight excluding hydrogens is 99.0 g/mol. The SMILES string of the molecule is C=CC/C=C/C.[AlH3]. The first-order chi connectivity index (χ1) is 2.91. The van der Waals surface area contributed by atoms with Crippen molar-refractivity contribution in [1.82, 2.24) is 0 Å². The van der Waals surface area contributed by atoms with Crippen LogP contribution in [0.15, 0.2) is 24.8 Å². The lowest BCUT2D eigenvalue weighted by atomic mass is 10.4. The van der Waals surface area contributed by atoms with E-state index in [0.29, 0.717) is 0 Å². The van der Waals surface area contributed by atoms with Gasteiger partial charge in [0.1, 0.15) is 0 Å². The second-order valence-electron chi connectivity index (χ2n) is 1.09. The van der Waals surface area contributed by atoms with E-state index in [0.717, 1.165) is 6.42 Å². The molecule has 0 aromatic heterocycles. The molecule has 0 aliphatic rings. The molecule has 7 heavy (non-hydrogen) atoms. The quantitative estimate of drug-likeness (QED) is 0.368. The number of allylic oxidation sites excluding steroid dienone is 3. The van der Waals surface area contributed by atoms with Crippen LogP contribution in [0.25, 0.3) is 0 Å². The van der Waals surface area contributed by atoms with E-state index in [1.165, 1.54) is 0 Å². The third-order valence-corrected chi connectivity index (χ3v) is 0.538. The topological polar surface area (TPSA) is 0 Å². The summed E-state index contributed by atoms with van der Waals surface area (Å²) < 4.78 is 0. The lowest BCUT2D eigenvalue weighted by Gasteiger charge is -1.69. The van der Waals surface area contributed by atoms with Gasteiger partial charge in [0.05, 0.1) is 0 Å². The molecule has 0 aromatic carbocycles. The van der Waals surface area contributed by atoms with E-state index in [1.807, 2.05) is 19.1 Å². The minimum absolute atomic E-state index is 0. The van der Waals surface area contributed by atoms with Crippen LogP contribution < -0.4 is 0 Å². The van der Waals surface area contributed by atoms with Gasteiger partial charge >= 0.3 is 0 Å². The van der Waals surface area contributed by atoms with E-state index in [-0.39, 0.29) is 17.4 Å². The molecule has 0 N–H and O–H groups in total. The third-order valence-electron chi connectivity index (χ3n) is 0.538. The van der Waals surface area contributed by atoms with Gasteiger partial charge in [-0.1, -0.05) is 18.2 Å². The molecule has 40 valence electrons. The Morgan fingerprint density at radius 1 is 1.57 bits per heavy atom. The molecule has 0 saturated heterocycles. The standard InChI is InChI=1S/C6H10.Al.3H/c1-3-5-6-4-2;;;;/h3-4,6H,1,5H2,2H3;;;;/b6-4+;;;;. The van der Waals surface area contributed by atoms with Gasteiger partial charge in [0.2, 0.25) is 0 Å². The van der Waals surface area contributed by atoms with Crippen LogP contribution in [0.1, 0.15) is 13.3 Å². The Bertz CT molecular complexity index is 55.2. The van der Waals surface area contributed by atoms with Crippen molar-refractivity contribution in [3.8, 4) is 0 Å². The first kappa shape index (κ1) is 10.1. The Morgan fingerprint density at radius 3 is 2.29 bits per heavy atom. The zero-order valence-electron chi connectivity index (χ0n) is 4.15. The first-order valence-corrected chi connectivity index (χ1v) is 2.14. The maximum atomic E-state index is 3.55. The molecule has 0 saturated carbocycles. The van der Waals surface area contributed by atoms with Crippen LogP contribution in [-0.4, -0.2) is 17.4 Å². The van der Waals surface area contributed by atoms with Gasteiger partial charge in [-0.25, -0.2) is 0 Å². The molecule has 0 nitrogen and oxygen atoms in total. The van der Waals surface area contributed by atoms with Crippen molar-refractivity contribution in [3.05, 3.63) is 24.8 Å². The monoisotopic (exact) mass is 112 g/mol. The predicted molar refractivity (Wildman–Crippen MR) is 39.6 cm³/mol. The second-order valence-corrected chi connectivity index (χ2v) is 1.09. The second kappa shape index (κ2) is 9.38. The van der Waals surface area contributed by atoms with Crippen LogP contribution in [-0.2, 0) is 0 Å². The molecule has 0 radical (unpaired) electrons. The van der Waals surface area contributed by atoms with Crippen molar-refractivity contribution in [3.63, 3.8) is 0 Å². The van der Waals surface area contributed by atoms with Crippen molar-refractivity contribution in [2.45, 2.75) is 13.3 Å². The van der Waals surface area contributed by atoms with Crippen molar-refractivity contribution >= 4 is 17.4 Å². The molecule has 0 amide bonds. The fourth-order valence-corrected chi connectivity index (χ4v) is 0.232. The minimum Gasteiger partial charge on any atom is -0.103 e. The third kappa shape index (κ3) is 10.7. The molecule has 0 aromatic rings. The van der Waals surface area contributed by atoms with Crippen LogP contribution in [0.2, 0.25) is 0 Å². The van der Waals surface area contributed by atoms with Crippen LogP contribution in [0.3, 0.4) is 0 Å². The van der Waals surface area contributed by atoms with E-state index in [1.54, 1.807) is 0 Å². The summed E-state index contributed by atoms with van der Waals surface area (Å²) in [5, 5.41) is 0. The summed E-state index contributed by atoms with van der Waals surface area (Å²) in [6.45, 7) is 5.55. The van der Waals surface area contributed by atoms with Gasteiger partial charge < -0.3 is 0 Å². The smallest absolute Gasteiger partial charge is 0.103 e. The van der Waals surface area contributed by atoms with E-state index in [2.05, 4.69) is 12.7 Å². The molecule has 0 aliphatic heterocycles. The van der Waals surface area contributed by atoms with Gasteiger partial charge in [-0.05, 0) is 13.3 Å². The highest BCUT2D eigenvalue weighted by Gasteiger charge is 1.57. The molecule has 1 heteroatoms. The van der Waals surface area contributed by atoms with Crippen LogP contribution in [0.4, 0.5) is 0 Å². The highest BCUT2D eigenvalue weighted by Crippen LogP contribution is 1.78. The summed E-state index contributed by atoms with van der Waals surface area (Å²) in [6.07, 6.45) is 6.95. The first-order valence-electron chi connectivity index (χ1n) is 2.14. The summed E-state index contributed by atoms with van der Waals surface area (Å²) >= 11 is 0. The predicted octanol–water partition coefficient (Wildman–Crippen LogP) is 0.955. The maximum absolute atomic E-state index is 3.55. The van der Waals surface area contributed by atoms with Crippen LogP contribution in [0, 0.1) is 0 Å². The lowest BCUT2D eigenvalue weighted by molar-refractivity contribution is 1.39. The van der Waals surface area contributed by atoms with E-state index < -0.39 is 0 Å². The van der Waals surface area contributed by atoms with E-state index in [9.17, 15) is 0 Å². The Morgan fingerprint density at radius 2 is 2.14 bits per heavy atom. The van der Waals surface area contributed by atoms with Crippen LogP contribution >= 0.6 is 0 Å². The minimum atomic E-state index is 0. The highest BCUT2D eigenvalue weighted by molar-refractivity contribution is 5.75. The summed E-state index contributed by atoms with van der Waals surface area (Å²) in [5.74, 6) is 0. The fourth-order valence-electron chi connectivity index (χ4n) is 0.232. The molecule has 0 fully saturated rings. The van der Waals surface area contributed by atoms with Crippen molar-refractivity contribution in [2.75, 3.05) is 0 Å².